The van der Waals surface area contributed by atoms with Crippen molar-refractivity contribution in [3.63, 3.8) is 0 Å². The van der Waals surface area contributed by atoms with Gasteiger partial charge in [-0.3, -0.25) is 29.4 Å². The van der Waals surface area contributed by atoms with E-state index in [2.05, 4.69) is 0 Å². The molecule has 0 saturated carbocycles. The molecule has 0 saturated heterocycles. The molecule has 1 heterocycles. The Labute approximate surface area is 182 Å². The lowest BCUT2D eigenvalue weighted by molar-refractivity contribution is -0.385. The number of fused-ring (bicyclic) bond motifs is 1. The molecule has 0 aromatic heterocycles. The van der Waals surface area contributed by atoms with E-state index in [9.17, 15) is 29.3 Å². The summed E-state index contributed by atoms with van der Waals surface area (Å²) in [7, 11) is 1.45. The number of hydrogen-bond donors (Lipinski definition) is 0. The molecule has 2 amide bonds. The van der Waals surface area contributed by atoms with E-state index in [4.69, 9.17) is 9.47 Å². The number of ether oxygens (including phenoxy) is 2. The number of carbonyl (C=O) groups is 4. The number of imide groups is 1. The van der Waals surface area contributed by atoms with Gasteiger partial charge in [0, 0.05) is 11.6 Å². The predicted octanol–water partition coefficient (Wildman–Crippen LogP) is 2.65. The fraction of sp³-hybridized carbons (Fsp3) is 0.273. The number of esters is 1. The quantitative estimate of drug-likeness (QED) is 0.201. The van der Waals surface area contributed by atoms with Crippen molar-refractivity contribution in [1.29, 1.82) is 0 Å². The molecule has 1 aliphatic heterocycles. The first kappa shape index (κ1) is 22.6. The maximum Gasteiger partial charge on any atom is 0.330 e. The summed E-state index contributed by atoms with van der Waals surface area (Å²) in [6.07, 6.45) is 0. The zero-order valence-electron chi connectivity index (χ0n) is 17.6. The van der Waals surface area contributed by atoms with Crippen LogP contribution in [0.1, 0.15) is 44.9 Å². The SMILES string of the molecule is COc1cccc(C(=O)COC(=O)[C@H](C(C)C)N2C(=O)c3cccc([N+](=O)[O-])c3C2=O)c1. The summed E-state index contributed by atoms with van der Waals surface area (Å²) in [5.41, 5.74) is -0.787. The molecule has 0 radical (unpaired) electrons. The topological polar surface area (TPSA) is 133 Å². The normalized spacial score (nSPS) is 13.7. The molecular formula is C22H20N2O8. The fourth-order valence-electron chi connectivity index (χ4n) is 3.47. The van der Waals surface area contributed by atoms with Gasteiger partial charge < -0.3 is 9.47 Å². The van der Waals surface area contributed by atoms with Gasteiger partial charge in [-0.25, -0.2) is 4.79 Å². The summed E-state index contributed by atoms with van der Waals surface area (Å²) in [4.78, 5) is 62.2. The van der Waals surface area contributed by atoms with Gasteiger partial charge in [-0.15, -0.1) is 0 Å². The molecule has 166 valence electrons. The minimum Gasteiger partial charge on any atom is -0.497 e. The Balaban J connectivity index is 1.82. The maximum atomic E-state index is 12.9. The van der Waals surface area contributed by atoms with Gasteiger partial charge in [-0.05, 0) is 24.1 Å². The minimum atomic E-state index is -1.36. The number of carbonyl (C=O) groups excluding carboxylic acids is 4. The zero-order chi connectivity index (χ0) is 23.6. The lowest BCUT2D eigenvalue weighted by Crippen LogP contribution is -2.49. The van der Waals surface area contributed by atoms with E-state index >= 15 is 0 Å². The fourth-order valence-corrected chi connectivity index (χ4v) is 3.47. The second kappa shape index (κ2) is 8.96. The Morgan fingerprint density at radius 2 is 1.78 bits per heavy atom. The maximum absolute atomic E-state index is 12.9. The molecule has 0 bridgehead atoms. The van der Waals surface area contributed by atoms with Crippen LogP contribution in [-0.4, -0.2) is 53.1 Å². The second-order valence-electron chi connectivity index (χ2n) is 7.39. The van der Waals surface area contributed by atoms with Crippen molar-refractivity contribution in [3.05, 3.63) is 69.3 Å². The van der Waals surface area contributed by atoms with Gasteiger partial charge in [0.2, 0.25) is 0 Å². The van der Waals surface area contributed by atoms with E-state index < -0.39 is 52.7 Å². The largest absolute Gasteiger partial charge is 0.497 e. The highest BCUT2D eigenvalue weighted by Crippen LogP contribution is 2.33. The van der Waals surface area contributed by atoms with E-state index in [0.29, 0.717) is 10.6 Å². The average molecular weight is 440 g/mol. The number of nitro benzene ring substituents is 1. The van der Waals surface area contributed by atoms with Gasteiger partial charge in [0.05, 0.1) is 17.6 Å². The number of methoxy groups -OCH3 is 1. The van der Waals surface area contributed by atoms with Gasteiger partial charge in [0.25, 0.3) is 17.5 Å². The Bertz CT molecular complexity index is 1120. The number of ketones is 1. The number of nitrogens with zero attached hydrogens (tertiary/aromatic N) is 2. The van der Waals surface area contributed by atoms with E-state index in [0.717, 1.165) is 6.07 Å². The molecule has 32 heavy (non-hydrogen) atoms. The third kappa shape index (κ3) is 4.07. The lowest BCUT2D eigenvalue weighted by atomic mass is 10.0. The van der Waals surface area contributed by atoms with Crippen LogP contribution >= 0.6 is 0 Å². The van der Waals surface area contributed by atoms with Crippen LogP contribution in [0.4, 0.5) is 5.69 Å². The highest BCUT2D eigenvalue weighted by molar-refractivity contribution is 6.24. The summed E-state index contributed by atoms with van der Waals surface area (Å²) in [6.45, 7) is 2.57. The number of benzene rings is 2. The van der Waals surface area contributed by atoms with Gasteiger partial charge in [-0.1, -0.05) is 32.0 Å². The molecule has 0 fully saturated rings. The summed E-state index contributed by atoms with van der Waals surface area (Å²) in [5.74, 6) is -3.37. The van der Waals surface area contributed by atoms with E-state index in [1.54, 1.807) is 26.0 Å². The highest BCUT2D eigenvalue weighted by atomic mass is 16.6. The summed E-state index contributed by atoms with van der Waals surface area (Å²) in [5, 5.41) is 11.3. The van der Waals surface area contributed by atoms with Crippen LogP contribution in [0.15, 0.2) is 42.5 Å². The van der Waals surface area contributed by atoms with E-state index in [1.165, 1.54) is 31.4 Å². The molecule has 2 aromatic rings. The van der Waals surface area contributed by atoms with Crippen LogP contribution in [0.3, 0.4) is 0 Å². The van der Waals surface area contributed by atoms with Crippen LogP contribution in [0, 0.1) is 16.0 Å². The molecule has 3 rings (SSSR count). The van der Waals surface area contributed by atoms with Gasteiger partial charge in [0.15, 0.2) is 12.4 Å². The van der Waals surface area contributed by atoms with Gasteiger partial charge in [0.1, 0.15) is 17.4 Å². The standard InChI is InChI=1S/C22H20N2O8/c1-12(2)19(22(28)32-11-17(25)13-6-4-7-14(10-13)31-3)23-20(26)15-8-5-9-16(24(29)30)18(15)21(23)27/h4-10,12,19H,11H2,1-3H3/t19-/m0/s1. The van der Waals surface area contributed by atoms with Crippen LogP contribution < -0.4 is 4.74 Å². The number of rotatable bonds is 8. The molecule has 1 aliphatic rings. The summed E-state index contributed by atoms with van der Waals surface area (Å²) < 4.78 is 10.2. The summed E-state index contributed by atoms with van der Waals surface area (Å²) in [6, 6.07) is 8.61. The third-order valence-corrected chi connectivity index (χ3v) is 5.01. The average Bonchev–Trinajstić information content (AvgIpc) is 3.02. The molecule has 1 atom stereocenters. The lowest BCUT2D eigenvalue weighted by Gasteiger charge is -2.27. The number of amides is 2. The number of Topliss-reactive ketones (excluding diaryl/α,β-unsaturated/α-hetero) is 1. The van der Waals surface area contributed by atoms with E-state index in [-0.39, 0.29) is 16.7 Å². The zero-order valence-corrected chi connectivity index (χ0v) is 17.6. The molecular weight excluding hydrogens is 420 g/mol. The van der Waals surface area contributed by atoms with Gasteiger partial charge >= 0.3 is 5.97 Å². The molecule has 0 unspecified atom stereocenters. The van der Waals surface area contributed by atoms with Crippen molar-refractivity contribution in [2.75, 3.05) is 13.7 Å². The van der Waals surface area contributed by atoms with E-state index in [1.807, 2.05) is 0 Å². The van der Waals surface area contributed by atoms with Gasteiger partial charge in [-0.2, -0.15) is 0 Å². The monoisotopic (exact) mass is 440 g/mol. The first-order valence-electron chi connectivity index (χ1n) is 9.66. The minimum absolute atomic E-state index is 0.157. The van der Waals surface area contributed by atoms with Crippen LogP contribution in [0.2, 0.25) is 0 Å². The molecule has 0 N–H and O–H groups in total. The van der Waals surface area contributed by atoms with Crippen molar-refractivity contribution in [3.8, 4) is 5.75 Å². The van der Waals surface area contributed by atoms with Crippen molar-refractivity contribution < 1.29 is 33.6 Å². The molecule has 10 heteroatoms. The molecule has 2 aromatic carbocycles. The Hall–Kier alpha value is -4.08. The van der Waals surface area contributed by atoms with Crippen molar-refractivity contribution in [2.24, 2.45) is 5.92 Å². The molecule has 10 nitrogen and oxygen atoms in total. The smallest absolute Gasteiger partial charge is 0.330 e. The third-order valence-electron chi connectivity index (χ3n) is 5.01. The Morgan fingerprint density at radius 1 is 1.09 bits per heavy atom. The predicted molar refractivity (Wildman–Crippen MR) is 111 cm³/mol. The number of hydrogen-bond acceptors (Lipinski definition) is 8. The van der Waals surface area contributed by atoms with Crippen molar-refractivity contribution in [1.82, 2.24) is 4.90 Å². The first-order chi connectivity index (χ1) is 15.2. The first-order valence-corrected chi connectivity index (χ1v) is 9.66. The van der Waals surface area contributed by atoms with Crippen LogP contribution in [0.5, 0.6) is 5.75 Å². The molecule has 0 spiro atoms. The second-order valence-corrected chi connectivity index (χ2v) is 7.39. The van der Waals surface area contributed by atoms with Crippen LogP contribution in [-0.2, 0) is 9.53 Å². The number of nitro groups is 1. The Kier molecular flexibility index (Phi) is 6.33. The van der Waals surface area contributed by atoms with Crippen molar-refractivity contribution >= 4 is 29.3 Å². The highest BCUT2D eigenvalue weighted by Gasteiger charge is 2.47. The summed E-state index contributed by atoms with van der Waals surface area (Å²) >= 11 is 0. The van der Waals surface area contributed by atoms with Crippen LogP contribution in [0.25, 0.3) is 0 Å². The molecule has 0 aliphatic carbocycles. The van der Waals surface area contributed by atoms with Crippen molar-refractivity contribution in [2.45, 2.75) is 19.9 Å². The Morgan fingerprint density at radius 3 is 2.41 bits per heavy atom.